The van der Waals surface area contributed by atoms with Crippen LogP contribution in [0.3, 0.4) is 0 Å². The van der Waals surface area contributed by atoms with Gasteiger partial charge in [-0.15, -0.1) is 0 Å². The van der Waals surface area contributed by atoms with Gasteiger partial charge in [0.2, 0.25) is 10.0 Å². The van der Waals surface area contributed by atoms with Crippen molar-refractivity contribution in [3.05, 3.63) is 82.4 Å². The van der Waals surface area contributed by atoms with E-state index in [0.29, 0.717) is 34.0 Å². The minimum Gasteiger partial charge on any atom is -0.456 e. The lowest BCUT2D eigenvalue weighted by Gasteiger charge is -2.15. The lowest BCUT2D eigenvalue weighted by Crippen LogP contribution is -2.10. The van der Waals surface area contributed by atoms with Crippen LogP contribution in [0.4, 0.5) is 5.69 Å². The molecule has 0 spiro atoms. The second-order valence-electron chi connectivity index (χ2n) is 7.17. The third-order valence-electron chi connectivity index (χ3n) is 4.75. The molecule has 30 heavy (non-hydrogen) atoms. The van der Waals surface area contributed by atoms with Crippen LogP contribution < -0.4 is 15.0 Å². The first-order valence-corrected chi connectivity index (χ1v) is 11.2. The summed E-state index contributed by atoms with van der Waals surface area (Å²) in [6.45, 7) is 3.81. The average Bonchev–Trinajstić information content (AvgIpc) is 3.01. The number of rotatable bonds is 5. The maximum atomic E-state index is 12.3. The Kier molecular flexibility index (Phi) is 4.87. The molecule has 154 valence electrons. The number of aryl methyl sites for hydroxylation is 2. The molecule has 0 radical (unpaired) electrons. The first-order chi connectivity index (χ1) is 14.2. The van der Waals surface area contributed by atoms with E-state index in [1.165, 1.54) is 0 Å². The molecule has 2 N–H and O–H groups in total. The minimum absolute atomic E-state index is 0.201. The highest BCUT2D eigenvalue weighted by Crippen LogP contribution is 2.37. The molecule has 0 amide bonds. The SMILES string of the molecule is Cc1ccccc1Oc1ccc(NS(C)(=O)=O)cc1-c1cc(C)c2c(=O)[nH]ccn12. The third kappa shape index (κ3) is 3.81. The average molecular weight is 423 g/mol. The molecule has 0 atom stereocenters. The number of H-pyrrole nitrogens is 1. The van der Waals surface area contributed by atoms with Crippen LogP contribution in [0.1, 0.15) is 11.1 Å². The molecule has 4 rings (SSSR count). The van der Waals surface area contributed by atoms with Gasteiger partial charge in [0.1, 0.15) is 17.0 Å². The zero-order chi connectivity index (χ0) is 21.5. The number of para-hydroxylation sites is 1. The zero-order valence-corrected chi connectivity index (χ0v) is 17.6. The first-order valence-electron chi connectivity index (χ1n) is 9.28. The maximum Gasteiger partial charge on any atom is 0.272 e. The van der Waals surface area contributed by atoms with Crippen molar-refractivity contribution >= 4 is 21.2 Å². The van der Waals surface area contributed by atoms with E-state index in [-0.39, 0.29) is 5.56 Å². The molecule has 0 saturated carbocycles. The Hall–Kier alpha value is -3.52. The van der Waals surface area contributed by atoms with Crippen molar-refractivity contribution in [3.8, 4) is 22.8 Å². The van der Waals surface area contributed by atoms with Gasteiger partial charge in [0.25, 0.3) is 5.56 Å². The molecular weight excluding hydrogens is 402 g/mol. The highest BCUT2D eigenvalue weighted by atomic mass is 32.2. The zero-order valence-electron chi connectivity index (χ0n) is 16.8. The number of nitrogens with zero attached hydrogens (tertiary/aromatic N) is 1. The Bertz CT molecular complexity index is 1420. The monoisotopic (exact) mass is 423 g/mol. The number of nitrogens with one attached hydrogen (secondary N) is 2. The second-order valence-corrected chi connectivity index (χ2v) is 8.92. The summed E-state index contributed by atoms with van der Waals surface area (Å²) in [6.07, 6.45) is 4.42. The summed E-state index contributed by atoms with van der Waals surface area (Å²) in [5.41, 5.74) is 3.87. The number of benzene rings is 2. The van der Waals surface area contributed by atoms with Gasteiger partial charge in [0.15, 0.2) is 0 Å². The van der Waals surface area contributed by atoms with E-state index < -0.39 is 10.0 Å². The summed E-state index contributed by atoms with van der Waals surface area (Å²) in [4.78, 5) is 15.0. The lowest BCUT2D eigenvalue weighted by atomic mass is 10.1. The lowest BCUT2D eigenvalue weighted by molar-refractivity contribution is 0.480. The summed E-state index contributed by atoms with van der Waals surface area (Å²) >= 11 is 0. The van der Waals surface area contributed by atoms with Crippen molar-refractivity contribution in [1.82, 2.24) is 9.38 Å². The first kappa shape index (κ1) is 19.8. The fourth-order valence-corrected chi connectivity index (χ4v) is 4.00. The fraction of sp³-hybridized carbons (Fsp3) is 0.136. The van der Waals surface area contributed by atoms with Crippen LogP contribution in [-0.4, -0.2) is 24.1 Å². The van der Waals surface area contributed by atoms with Gasteiger partial charge in [-0.1, -0.05) is 18.2 Å². The van der Waals surface area contributed by atoms with Gasteiger partial charge in [0, 0.05) is 23.6 Å². The summed E-state index contributed by atoms with van der Waals surface area (Å²) < 4.78 is 33.9. The third-order valence-corrected chi connectivity index (χ3v) is 5.36. The largest absolute Gasteiger partial charge is 0.456 e. The molecule has 0 aliphatic heterocycles. The Morgan fingerprint density at radius 2 is 1.77 bits per heavy atom. The van der Waals surface area contributed by atoms with Crippen LogP contribution in [-0.2, 0) is 10.0 Å². The molecule has 2 aromatic carbocycles. The van der Waals surface area contributed by atoms with Gasteiger partial charge in [-0.3, -0.25) is 9.52 Å². The Morgan fingerprint density at radius 1 is 1.00 bits per heavy atom. The van der Waals surface area contributed by atoms with Crippen molar-refractivity contribution in [3.63, 3.8) is 0 Å². The Labute approximate surface area is 174 Å². The van der Waals surface area contributed by atoms with Gasteiger partial charge in [-0.2, -0.15) is 0 Å². The van der Waals surface area contributed by atoms with Crippen LogP contribution in [0.15, 0.2) is 65.7 Å². The highest BCUT2D eigenvalue weighted by molar-refractivity contribution is 7.92. The van der Waals surface area contributed by atoms with Crippen molar-refractivity contribution in [1.29, 1.82) is 0 Å². The standard InChI is InChI=1S/C22H21N3O4S/c1-14-6-4-5-7-19(14)29-20-9-8-16(24-30(3,27)28)13-17(20)18-12-15(2)21-22(26)23-10-11-25(18)21/h4-13,24H,1-3H3,(H,23,26). The molecule has 0 aliphatic carbocycles. The van der Waals surface area contributed by atoms with Crippen LogP contribution in [0.2, 0.25) is 0 Å². The van der Waals surface area contributed by atoms with E-state index in [4.69, 9.17) is 4.74 Å². The molecule has 0 saturated heterocycles. The fourth-order valence-electron chi connectivity index (χ4n) is 3.45. The van der Waals surface area contributed by atoms with E-state index >= 15 is 0 Å². The topological polar surface area (TPSA) is 92.7 Å². The molecule has 0 fully saturated rings. The number of fused-ring (bicyclic) bond motifs is 1. The van der Waals surface area contributed by atoms with Crippen molar-refractivity contribution in [2.45, 2.75) is 13.8 Å². The van der Waals surface area contributed by atoms with Crippen LogP contribution in [0, 0.1) is 13.8 Å². The summed E-state index contributed by atoms with van der Waals surface area (Å²) in [7, 11) is -3.45. The number of aromatic amines is 1. The second kappa shape index (κ2) is 7.38. The van der Waals surface area contributed by atoms with E-state index in [1.807, 2.05) is 44.2 Å². The maximum absolute atomic E-state index is 12.3. The van der Waals surface area contributed by atoms with E-state index in [2.05, 4.69) is 9.71 Å². The van der Waals surface area contributed by atoms with Crippen molar-refractivity contribution in [2.75, 3.05) is 11.0 Å². The highest BCUT2D eigenvalue weighted by Gasteiger charge is 2.17. The molecule has 2 heterocycles. The summed E-state index contributed by atoms with van der Waals surface area (Å²) in [6, 6.07) is 14.6. The molecule has 7 nitrogen and oxygen atoms in total. The van der Waals surface area contributed by atoms with Crippen LogP contribution in [0.25, 0.3) is 16.8 Å². The van der Waals surface area contributed by atoms with Gasteiger partial charge >= 0.3 is 0 Å². The molecule has 0 bridgehead atoms. The van der Waals surface area contributed by atoms with Gasteiger partial charge in [0.05, 0.1) is 11.9 Å². The van der Waals surface area contributed by atoms with Crippen molar-refractivity contribution in [2.24, 2.45) is 0 Å². The molecule has 0 aliphatic rings. The van der Waals surface area contributed by atoms with E-state index in [1.54, 1.807) is 35.0 Å². The number of ether oxygens (including phenoxy) is 1. The Balaban J connectivity index is 1.94. The Morgan fingerprint density at radius 3 is 2.50 bits per heavy atom. The molecule has 8 heteroatoms. The summed E-state index contributed by atoms with van der Waals surface area (Å²) in [5.74, 6) is 1.24. The normalized spacial score (nSPS) is 11.6. The van der Waals surface area contributed by atoms with Crippen LogP contribution in [0.5, 0.6) is 11.5 Å². The molecule has 0 unspecified atom stereocenters. The number of aromatic nitrogens is 2. The smallest absolute Gasteiger partial charge is 0.272 e. The summed E-state index contributed by atoms with van der Waals surface area (Å²) in [5, 5.41) is 0. The van der Waals surface area contributed by atoms with E-state index in [0.717, 1.165) is 17.4 Å². The van der Waals surface area contributed by atoms with Crippen molar-refractivity contribution < 1.29 is 13.2 Å². The van der Waals surface area contributed by atoms with Gasteiger partial charge in [-0.05, 0) is 55.3 Å². The van der Waals surface area contributed by atoms with Gasteiger partial charge in [-0.25, -0.2) is 8.42 Å². The molecule has 2 aromatic heterocycles. The number of anilines is 1. The molecular formula is C22H21N3O4S. The quantitative estimate of drug-likeness (QED) is 0.506. The van der Waals surface area contributed by atoms with Crippen LogP contribution >= 0.6 is 0 Å². The van der Waals surface area contributed by atoms with Gasteiger partial charge < -0.3 is 14.1 Å². The minimum atomic E-state index is -3.45. The predicted octanol–water partition coefficient (Wildman–Crippen LogP) is 4.08. The molecule has 4 aromatic rings. The number of hydrogen-bond donors (Lipinski definition) is 2. The number of hydrogen-bond acceptors (Lipinski definition) is 4. The predicted molar refractivity (Wildman–Crippen MR) is 118 cm³/mol. The number of sulfonamides is 1. The van der Waals surface area contributed by atoms with E-state index in [9.17, 15) is 13.2 Å².